The minimum atomic E-state index is -0.500. The average molecular weight is 304 g/mol. The van der Waals surface area contributed by atoms with Gasteiger partial charge in [-0.05, 0) is 29.8 Å². The Morgan fingerprint density at radius 2 is 1.90 bits per heavy atom. The highest BCUT2D eigenvalue weighted by Gasteiger charge is 2.14. The molecule has 2 aromatic rings. The molecule has 1 N–H and O–H groups in total. The van der Waals surface area contributed by atoms with Crippen LogP contribution in [0.15, 0.2) is 48.5 Å². The van der Waals surface area contributed by atoms with E-state index in [0.29, 0.717) is 22.7 Å². The minimum absolute atomic E-state index is 0.307. The molecule has 21 heavy (non-hydrogen) atoms. The summed E-state index contributed by atoms with van der Waals surface area (Å²) in [6.07, 6.45) is 0. The first-order valence-electron chi connectivity index (χ1n) is 6.29. The second-order valence-corrected chi connectivity index (χ2v) is 4.59. The van der Waals surface area contributed by atoms with E-state index in [2.05, 4.69) is 5.32 Å². The lowest BCUT2D eigenvalue weighted by molar-refractivity contribution is 0.0602. The maximum Gasteiger partial charge on any atom is 0.339 e. The Kier molecular flexibility index (Phi) is 4.95. The summed E-state index contributed by atoms with van der Waals surface area (Å²) < 4.78 is 4.69. The monoisotopic (exact) mass is 303 g/mol. The van der Waals surface area contributed by atoms with Crippen LogP contribution in [0.1, 0.15) is 26.3 Å². The number of ether oxygens (including phenoxy) is 1. The van der Waals surface area contributed by atoms with Gasteiger partial charge in [0.2, 0.25) is 0 Å². The van der Waals surface area contributed by atoms with Gasteiger partial charge in [0.25, 0.3) is 5.91 Å². The third-order valence-electron chi connectivity index (χ3n) is 2.92. The highest BCUT2D eigenvalue weighted by Crippen LogP contribution is 2.17. The first-order chi connectivity index (χ1) is 10.2. The van der Waals surface area contributed by atoms with Gasteiger partial charge in [0.15, 0.2) is 0 Å². The van der Waals surface area contributed by atoms with Crippen LogP contribution in [0.5, 0.6) is 0 Å². The Bertz CT molecular complexity index is 670. The van der Waals surface area contributed by atoms with Gasteiger partial charge >= 0.3 is 5.97 Å². The number of para-hydroxylation sites is 1. The second kappa shape index (κ2) is 6.90. The van der Waals surface area contributed by atoms with Crippen LogP contribution in [0.3, 0.4) is 0 Å². The predicted molar refractivity (Wildman–Crippen MR) is 81.7 cm³/mol. The number of rotatable bonds is 4. The van der Waals surface area contributed by atoms with Crippen LogP contribution in [0.4, 0.5) is 5.69 Å². The van der Waals surface area contributed by atoms with E-state index in [4.69, 9.17) is 16.3 Å². The van der Waals surface area contributed by atoms with Gasteiger partial charge in [-0.2, -0.15) is 0 Å². The fraction of sp³-hybridized carbons (Fsp3) is 0.125. The van der Waals surface area contributed by atoms with Crippen molar-refractivity contribution in [3.8, 4) is 0 Å². The molecule has 0 unspecified atom stereocenters. The zero-order valence-corrected chi connectivity index (χ0v) is 12.2. The van der Waals surface area contributed by atoms with Crippen molar-refractivity contribution >= 4 is 29.2 Å². The van der Waals surface area contributed by atoms with E-state index in [1.165, 1.54) is 7.11 Å². The van der Waals surface area contributed by atoms with Gasteiger partial charge in [-0.15, -0.1) is 11.6 Å². The summed E-state index contributed by atoms with van der Waals surface area (Å²) in [5.74, 6) is -0.474. The zero-order valence-electron chi connectivity index (χ0n) is 11.4. The van der Waals surface area contributed by atoms with Gasteiger partial charge in [0.05, 0.1) is 18.4 Å². The van der Waals surface area contributed by atoms with Crippen molar-refractivity contribution in [2.24, 2.45) is 0 Å². The van der Waals surface area contributed by atoms with E-state index in [9.17, 15) is 9.59 Å². The number of benzene rings is 2. The molecule has 1 amide bonds. The summed E-state index contributed by atoms with van der Waals surface area (Å²) in [7, 11) is 1.30. The van der Waals surface area contributed by atoms with Crippen molar-refractivity contribution in [1.82, 2.24) is 0 Å². The Morgan fingerprint density at radius 1 is 1.14 bits per heavy atom. The lowest BCUT2D eigenvalue weighted by atomic mass is 10.1. The molecule has 108 valence electrons. The van der Waals surface area contributed by atoms with Crippen LogP contribution < -0.4 is 5.32 Å². The van der Waals surface area contributed by atoms with E-state index in [1.54, 1.807) is 42.5 Å². The molecule has 0 radical (unpaired) electrons. The lowest BCUT2D eigenvalue weighted by Crippen LogP contribution is -2.15. The number of esters is 1. The Hall–Kier alpha value is -2.33. The third-order valence-corrected chi connectivity index (χ3v) is 3.23. The molecule has 2 aromatic carbocycles. The van der Waals surface area contributed by atoms with E-state index in [-0.39, 0.29) is 5.91 Å². The molecule has 0 aliphatic carbocycles. The van der Waals surface area contributed by atoms with Crippen LogP contribution in [0.2, 0.25) is 0 Å². The summed E-state index contributed by atoms with van der Waals surface area (Å²) in [5, 5.41) is 2.71. The number of nitrogens with one attached hydrogen (secondary N) is 1. The molecule has 0 aliphatic heterocycles. The van der Waals surface area contributed by atoms with Gasteiger partial charge < -0.3 is 10.1 Å². The Morgan fingerprint density at radius 3 is 2.62 bits per heavy atom. The van der Waals surface area contributed by atoms with Crippen molar-refractivity contribution in [3.05, 3.63) is 65.2 Å². The summed E-state index contributed by atoms with van der Waals surface area (Å²) in [6, 6.07) is 13.7. The van der Waals surface area contributed by atoms with Gasteiger partial charge in [-0.3, -0.25) is 4.79 Å². The molecule has 0 fully saturated rings. The van der Waals surface area contributed by atoms with Crippen LogP contribution in [0.25, 0.3) is 0 Å². The van der Waals surface area contributed by atoms with Gasteiger partial charge in [0.1, 0.15) is 0 Å². The van der Waals surface area contributed by atoms with Crippen molar-refractivity contribution < 1.29 is 14.3 Å². The quantitative estimate of drug-likeness (QED) is 0.695. The van der Waals surface area contributed by atoms with Crippen LogP contribution in [-0.4, -0.2) is 19.0 Å². The Balaban J connectivity index is 2.25. The van der Waals surface area contributed by atoms with Gasteiger partial charge in [0, 0.05) is 11.4 Å². The van der Waals surface area contributed by atoms with Crippen molar-refractivity contribution in [2.45, 2.75) is 5.88 Å². The standard InChI is InChI=1S/C16H14ClNO3/c1-21-16(20)13-7-2-3-8-14(13)18-15(19)12-6-4-5-11(9-12)10-17/h2-9H,10H2,1H3,(H,18,19). The molecule has 4 nitrogen and oxygen atoms in total. The number of hydrogen-bond donors (Lipinski definition) is 1. The molecule has 0 aliphatic rings. The zero-order chi connectivity index (χ0) is 15.2. The van der Waals surface area contributed by atoms with Crippen molar-refractivity contribution in [2.75, 3.05) is 12.4 Å². The number of amides is 1. The molecular weight excluding hydrogens is 290 g/mol. The summed E-state index contributed by atoms with van der Waals surface area (Å²) in [6.45, 7) is 0. The average Bonchev–Trinajstić information content (AvgIpc) is 2.54. The maximum absolute atomic E-state index is 12.2. The number of carbonyl (C=O) groups is 2. The molecular formula is C16H14ClNO3. The summed E-state index contributed by atoms with van der Waals surface area (Å²) in [5.41, 5.74) is 2.05. The molecule has 0 saturated carbocycles. The van der Waals surface area contributed by atoms with Crippen LogP contribution >= 0.6 is 11.6 Å². The number of halogens is 1. The van der Waals surface area contributed by atoms with Gasteiger partial charge in [-0.1, -0.05) is 24.3 Å². The largest absolute Gasteiger partial charge is 0.465 e. The molecule has 5 heteroatoms. The van der Waals surface area contributed by atoms with Crippen LogP contribution in [-0.2, 0) is 10.6 Å². The molecule has 0 aromatic heterocycles. The molecule has 0 atom stereocenters. The van der Waals surface area contributed by atoms with E-state index in [0.717, 1.165) is 5.56 Å². The Labute approximate surface area is 127 Å². The highest BCUT2D eigenvalue weighted by molar-refractivity contribution is 6.17. The number of alkyl halides is 1. The van der Waals surface area contributed by atoms with E-state index in [1.807, 2.05) is 6.07 Å². The summed E-state index contributed by atoms with van der Waals surface area (Å²) >= 11 is 5.76. The topological polar surface area (TPSA) is 55.4 Å². The molecule has 0 bridgehead atoms. The summed E-state index contributed by atoms with van der Waals surface area (Å²) in [4.78, 5) is 23.9. The number of anilines is 1. The van der Waals surface area contributed by atoms with E-state index < -0.39 is 5.97 Å². The third kappa shape index (κ3) is 3.61. The lowest BCUT2D eigenvalue weighted by Gasteiger charge is -2.10. The normalized spacial score (nSPS) is 10.0. The fourth-order valence-electron chi connectivity index (χ4n) is 1.87. The highest BCUT2D eigenvalue weighted by atomic mass is 35.5. The van der Waals surface area contributed by atoms with Crippen molar-refractivity contribution in [1.29, 1.82) is 0 Å². The minimum Gasteiger partial charge on any atom is -0.465 e. The molecule has 0 heterocycles. The molecule has 0 saturated heterocycles. The van der Waals surface area contributed by atoms with Crippen molar-refractivity contribution in [3.63, 3.8) is 0 Å². The maximum atomic E-state index is 12.2. The van der Waals surface area contributed by atoms with E-state index >= 15 is 0 Å². The first-order valence-corrected chi connectivity index (χ1v) is 6.82. The smallest absolute Gasteiger partial charge is 0.339 e. The SMILES string of the molecule is COC(=O)c1ccccc1NC(=O)c1cccc(CCl)c1. The fourth-order valence-corrected chi connectivity index (χ4v) is 2.04. The number of carbonyl (C=O) groups excluding carboxylic acids is 2. The number of hydrogen-bond acceptors (Lipinski definition) is 3. The van der Waals surface area contributed by atoms with Crippen LogP contribution in [0, 0.1) is 0 Å². The second-order valence-electron chi connectivity index (χ2n) is 4.33. The molecule has 0 spiro atoms. The molecule has 2 rings (SSSR count). The number of methoxy groups -OCH3 is 1. The predicted octanol–water partition coefficient (Wildman–Crippen LogP) is 3.46. The first kappa shape index (κ1) is 15.1. The van der Waals surface area contributed by atoms with Gasteiger partial charge in [-0.25, -0.2) is 4.79 Å².